The minimum atomic E-state index is -2.82. The van der Waals surface area contributed by atoms with Gasteiger partial charge in [0, 0.05) is 11.5 Å². The Morgan fingerprint density at radius 3 is 2.60 bits per heavy atom. The first-order chi connectivity index (χ1) is 14.3. The fourth-order valence-corrected chi connectivity index (χ4v) is 3.03. The SMILES string of the molecule is N#Cc1ccc(-c2cnc(NC(=O)C3CC3)cn2)cc1NCC(=O)N1CC(F)(F)C1. The van der Waals surface area contributed by atoms with Crippen LogP contribution >= 0.6 is 0 Å². The molecule has 30 heavy (non-hydrogen) atoms. The van der Waals surface area contributed by atoms with Gasteiger partial charge in [0.15, 0.2) is 5.82 Å². The molecule has 2 aromatic rings. The molecular weight excluding hydrogens is 394 g/mol. The maximum absolute atomic E-state index is 12.9. The van der Waals surface area contributed by atoms with E-state index in [9.17, 15) is 23.6 Å². The number of alkyl halides is 2. The average Bonchev–Trinajstić information content (AvgIpc) is 3.56. The normalized spacial score (nSPS) is 16.9. The molecule has 1 aliphatic heterocycles. The van der Waals surface area contributed by atoms with Gasteiger partial charge in [-0.15, -0.1) is 0 Å². The van der Waals surface area contributed by atoms with E-state index in [1.54, 1.807) is 18.2 Å². The van der Waals surface area contributed by atoms with Gasteiger partial charge in [0.05, 0.1) is 49.0 Å². The van der Waals surface area contributed by atoms with E-state index in [0.717, 1.165) is 17.7 Å². The van der Waals surface area contributed by atoms with Crippen LogP contribution in [0.1, 0.15) is 18.4 Å². The van der Waals surface area contributed by atoms with Crippen molar-refractivity contribution in [3.63, 3.8) is 0 Å². The molecule has 8 nitrogen and oxygen atoms in total. The van der Waals surface area contributed by atoms with Crippen molar-refractivity contribution in [3.05, 3.63) is 36.2 Å². The zero-order chi connectivity index (χ0) is 21.3. The highest BCUT2D eigenvalue weighted by Gasteiger charge is 2.45. The molecule has 1 saturated carbocycles. The number of hydrogen-bond donors (Lipinski definition) is 2. The summed E-state index contributed by atoms with van der Waals surface area (Å²) in [7, 11) is 0. The predicted molar refractivity (Wildman–Crippen MR) is 104 cm³/mol. The fourth-order valence-electron chi connectivity index (χ4n) is 3.03. The van der Waals surface area contributed by atoms with Crippen molar-refractivity contribution in [2.24, 2.45) is 5.92 Å². The van der Waals surface area contributed by atoms with Crippen molar-refractivity contribution in [2.75, 3.05) is 30.3 Å². The van der Waals surface area contributed by atoms with Gasteiger partial charge in [-0.05, 0) is 25.0 Å². The molecule has 1 aromatic carbocycles. The van der Waals surface area contributed by atoms with Gasteiger partial charge in [0.2, 0.25) is 11.8 Å². The molecule has 10 heteroatoms. The van der Waals surface area contributed by atoms with E-state index in [1.807, 2.05) is 6.07 Å². The number of aromatic nitrogens is 2. The smallest absolute Gasteiger partial charge is 0.282 e. The van der Waals surface area contributed by atoms with Gasteiger partial charge in [-0.2, -0.15) is 5.26 Å². The molecule has 0 radical (unpaired) electrons. The number of benzene rings is 1. The van der Waals surface area contributed by atoms with E-state index in [0.29, 0.717) is 28.3 Å². The highest BCUT2D eigenvalue weighted by atomic mass is 19.3. The molecule has 2 N–H and O–H groups in total. The fraction of sp³-hybridized carbons (Fsp3) is 0.350. The van der Waals surface area contributed by atoms with E-state index >= 15 is 0 Å². The molecule has 2 aliphatic rings. The molecule has 1 saturated heterocycles. The Morgan fingerprint density at radius 2 is 2.00 bits per heavy atom. The second kappa shape index (κ2) is 7.67. The van der Waals surface area contributed by atoms with Crippen LogP contribution in [0, 0.1) is 17.2 Å². The summed E-state index contributed by atoms with van der Waals surface area (Å²) in [5.41, 5.74) is 1.86. The Bertz CT molecular complexity index is 1020. The summed E-state index contributed by atoms with van der Waals surface area (Å²) < 4.78 is 25.8. The summed E-state index contributed by atoms with van der Waals surface area (Å²) in [4.78, 5) is 33.3. The van der Waals surface area contributed by atoms with Crippen molar-refractivity contribution in [1.29, 1.82) is 5.26 Å². The van der Waals surface area contributed by atoms with Gasteiger partial charge in [-0.25, -0.2) is 13.8 Å². The predicted octanol–water partition coefficient (Wildman–Crippen LogP) is 2.25. The molecule has 0 atom stereocenters. The topological polar surface area (TPSA) is 111 Å². The lowest BCUT2D eigenvalue weighted by Crippen LogP contribution is -2.59. The van der Waals surface area contributed by atoms with Crippen molar-refractivity contribution in [1.82, 2.24) is 14.9 Å². The van der Waals surface area contributed by atoms with Gasteiger partial charge >= 0.3 is 0 Å². The Labute approximate surface area is 170 Å². The molecule has 2 heterocycles. The number of amides is 2. The molecule has 2 amide bonds. The third-order valence-corrected chi connectivity index (χ3v) is 4.91. The second-order valence-corrected chi connectivity index (χ2v) is 7.38. The monoisotopic (exact) mass is 412 g/mol. The van der Waals surface area contributed by atoms with Gasteiger partial charge in [0.1, 0.15) is 6.07 Å². The van der Waals surface area contributed by atoms with Crippen LogP contribution in [0.3, 0.4) is 0 Å². The van der Waals surface area contributed by atoms with Crippen LogP contribution in [-0.2, 0) is 9.59 Å². The van der Waals surface area contributed by atoms with Crippen LogP contribution in [-0.4, -0.2) is 52.2 Å². The molecule has 1 aromatic heterocycles. The Balaban J connectivity index is 1.43. The Morgan fingerprint density at radius 1 is 1.23 bits per heavy atom. The Kier molecular flexibility index (Phi) is 5.03. The summed E-state index contributed by atoms with van der Waals surface area (Å²) in [5, 5.41) is 14.9. The Hall–Kier alpha value is -3.61. The minimum absolute atomic E-state index is 0.0591. The largest absolute Gasteiger partial charge is 0.375 e. The van der Waals surface area contributed by atoms with Crippen molar-refractivity contribution in [2.45, 2.75) is 18.8 Å². The number of rotatable bonds is 6. The molecule has 1 aliphatic carbocycles. The molecular formula is C20H18F2N6O2. The minimum Gasteiger partial charge on any atom is -0.375 e. The lowest BCUT2D eigenvalue weighted by molar-refractivity contribution is -0.163. The number of carbonyl (C=O) groups is 2. The van der Waals surface area contributed by atoms with Crippen molar-refractivity contribution >= 4 is 23.3 Å². The maximum atomic E-state index is 12.9. The molecule has 154 valence electrons. The summed E-state index contributed by atoms with van der Waals surface area (Å²) in [6, 6.07) is 6.93. The quantitative estimate of drug-likeness (QED) is 0.753. The summed E-state index contributed by atoms with van der Waals surface area (Å²) in [5.74, 6) is -2.93. The van der Waals surface area contributed by atoms with Gasteiger partial charge in [-0.1, -0.05) is 6.07 Å². The van der Waals surface area contributed by atoms with E-state index < -0.39 is 24.9 Å². The zero-order valence-electron chi connectivity index (χ0n) is 15.9. The van der Waals surface area contributed by atoms with Gasteiger partial charge in [0.25, 0.3) is 5.92 Å². The van der Waals surface area contributed by atoms with Gasteiger partial charge < -0.3 is 15.5 Å². The molecule has 4 rings (SSSR count). The highest BCUT2D eigenvalue weighted by Crippen LogP contribution is 2.30. The van der Waals surface area contributed by atoms with Crippen molar-refractivity contribution in [3.8, 4) is 17.3 Å². The number of hydrogen-bond acceptors (Lipinski definition) is 6. The molecule has 2 fully saturated rings. The molecule has 0 spiro atoms. The van der Waals surface area contributed by atoms with Crippen molar-refractivity contribution < 1.29 is 18.4 Å². The van der Waals surface area contributed by atoms with Crippen LogP contribution < -0.4 is 10.6 Å². The summed E-state index contributed by atoms with van der Waals surface area (Å²) >= 11 is 0. The maximum Gasteiger partial charge on any atom is 0.282 e. The lowest BCUT2D eigenvalue weighted by Gasteiger charge is -2.38. The van der Waals surface area contributed by atoms with Crippen LogP contribution in [0.2, 0.25) is 0 Å². The number of likely N-dealkylation sites (tertiary alicyclic amines) is 1. The first-order valence-corrected chi connectivity index (χ1v) is 9.41. The number of carbonyl (C=O) groups excluding carboxylic acids is 2. The summed E-state index contributed by atoms with van der Waals surface area (Å²) in [6.07, 6.45) is 4.73. The third kappa shape index (κ3) is 4.35. The molecule has 0 bridgehead atoms. The van der Waals surface area contributed by atoms with Crippen LogP contribution in [0.4, 0.5) is 20.3 Å². The second-order valence-electron chi connectivity index (χ2n) is 7.38. The number of anilines is 2. The first-order valence-electron chi connectivity index (χ1n) is 9.41. The standard InChI is InChI=1S/C20H18F2N6O2/c21-20(22)10-28(11-20)18(29)9-25-15-5-13(3-4-14(15)6-23)16-7-26-17(8-24-16)27-19(30)12-1-2-12/h3-5,7-8,12,25H,1-2,9-11H2,(H,26,27,30). The van der Waals surface area contributed by atoms with E-state index in [2.05, 4.69) is 20.6 Å². The van der Waals surface area contributed by atoms with Gasteiger partial charge in [-0.3, -0.25) is 14.6 Å². The van der Waals surface area contributed by atoms with Crippen LogP contribution in [0.5, 0.6) is 0 Å². The van der Waals surface area contributed by atoms with E-state index in [-0.39, 0.29) is 18.4 Å². The van der Waals surface area contributed by atoms with E-state index in [4.69, 9.17) is 0 Å². The lowest BCUT2D eigenvalue weighted by atomic mass is 10.1. The number of nitrogens with zero attached hydrogens (tertiary/aromatic N) is 4. The summed E-state index contributed by atoms with van der Waals surface area (Å²) in [6.45, 7) is -1.37. The third-order valence-electron chi connectivity index (χ3n) is 4.91. The zero-order valence-corrected chi connectivity index (χ0v) is 15.9. The molecule has 0 unspecified atom stereocenters. The average molecular weight is 412 g/mol. The van der Waals surface area contributed by atoms with E-state index in [1.165, 1.54) is 12.4 Å². The first kappa shape index (κ1) is 19.7. The number of halogens is 2. The highest BCUT2D eigenvalue weighted by molar-refractivity contribution is 5.93. The van der Waals surface area contributed by atoms with Crippen LogP contribution in [0.15, 0.2) is 30.6 Å². The number of nitriles is 1. The van der Waals surface area contributed by atoms with Crippen LogP contribution in [0.25, 0.3) is 11.3 Å². The number of nitrogens with one attached hydrogen (secondary N) is 2.